The minimum atomic E-state index is -0.0679. The van der Waals surface area contributed by atoms with E-state index in [1.165, 1.54) is 0 Å². The van der Waals surface area contributed by atoms with Gasteiger partial charge in [0.25, 0.3) is 0 Å². The number of nitrogens with two attached hydrogens (primary N) is 1. The van der Waals surface area contributed by atoms with E-state index < -0.39 is 0 Å². The van der Waals surface area contributed by atoms with E-state index in [1.807, 2.05) is 12.1 Å². The number of aryl methyl sites for hydroxylation is 1. The summed E-state index contributed by atoms with van der Waals surface area (Å²) in [5.74, 6) is 2.14. The first kappa shape index (κ1) is 4.73. The Hall–Kier alpha value is -0.420. The van der Waals surface area contributed by atoms with Crippen molar-refractivity contribution in [2.24, 2.45) is 6.66 Å². The minimum absolute atomic E-state index is 0.0679. The number of hydrogen-bond acceptors (Lipinski definition) is 1. The summed E-state index contributed by atoms with van der Waals surface area (Å²) < 4.78 is 0. The van der Waals surface area contributed by atoms with Crippen LogP contribution < -0.4 is 5.73 Å². The topological polar surface area (TPSA) is 26.0 Å². The lowest BCUT2D eigenvalue weighted by Crippen LogP contribution is -1.74. The van der Waals surface area contributed by atoms with Crippen LogP contribution in [0.2, 0.25) is 0 Å². The molecule has 0 amide bonds. The van der Waals surface area contributed by atoms with Crippen LogP contribution in [0, 0.1) is 0 Å². The van der Waals surface area contributed by atoms with E-state index >= 15 is 0 Å². The van der Waals surface area contributed by atoms with Crippen LogP contribution in [0.25, 0.3) is 0 Å². The van der Waals surface area contributed by atoms with E-state index in [2.05, 4.69) is 12.5 Å². The molecule has 0 radical (unpaired) electrons. The number of rotatable bonds is 0. The highest BCUT2D eigenvalue weighted by atomic mass is 31.1. The summed E-state index contributed by atoms with van der Waals surface area (Å²) in [6.45, 7) is 2.14. The van der Waals surface area contributed by atoms with Gasteiger partial charge in [-0.05, 0) is 18.5 Å². The zero-order valence-corrected chi connectivity index (χ0v) is 5.15. The van der Waals surface area contributed by atoms with Crippen LogP contribution in [0.15, 0.2) is 17.9 Å². The number of anilines is 1. The third-order valence-electron chi connectivity index (χ3n) is 0.984. The first-order valence-corrected chi connectivity index (χ1v) is 4.03. The smallest absolute Gasteiger partial charge is 0.0505 e. The Morgan fingerprint density at radius 3 is 2.57 bits per heavy atom. The summed E-state index contributed by atoms with van der Waals surface area (Å²) in [7, 11) is -0.0679. The van der Waals surface area contributed by atoms with Crippen LogP contribution in [0.1, 0.15) is 0 Å². The second-order valence-electron chi connectivity index (χ2n) is 1.54. The Bertz CT molecular complexity index is 140. The molecule has 2 heteroatoms. The van der Waals surface area contributed by atoms with E-state index in [9.17, 15) is 0 Å². The van der Waals surface area contributed by atoms with Crippen molar-refractivity contribution in [2.45, 2.75) is 0 Å². The molecule has 0 saturated carbocycles. The molecule has 1 unspecified atom stereocenters. The first-order valence-electron chi connectivity index (χ1n) is 2.17. The Balaban J connectivity index is 3.12. The lowest BCUT2D eigenvalue weighted by molar-refractivity contribution is 1.94. The zero-order chi connectivity index (χ0) is 5.28. The standard InChI is InChI=1S/C5H8NP/c1-7-4-2-3-5(7)6/h2-4H,6H2,1H3. The summed E-state index contributed by atoms with van der Waals surface area (Å²) in [4.78, 5) is 0. The van der Waals surface area contributed by atoms with Gasteiger partial charge in [0, 0.05) is 0 Å². The third-order valence-corrected chi connectivity index (χ3v) is 2.57. The maximum absolute atomic E-state index is 5.51. The molecule has 0 aromatic carbocycles. The molecule has 1 nitrogen and oxygen atoms in total. The molecule has 0 aliphatic heterocycles. The molecule has 0 fully saturated rings. The van der Waals surface area contributed by atoms with Gasteiger partial charge in [0.2, 0.25) is 0 Å². The van der Waals surface area contributed by atoms with Crippen molar-refractivity contribution < 1.29 is 0 Å². The van der Waals surface area contributed by atoms with Gasteiger partial charge in [0.15, 0.2) is 0 Å². The van der Waals surface area contributed by atoms with Gasteiger partial charge < -0.3 is 5.73 Å². The van der Waals surface area contributed by atoms with Crippen molar-refractivity contribution >= 4 is 13.0 Å². The highest BCUT2D eigenvalue weighted by molar-refractivity contribution is 7.51. The van der Waals surface area contributed by atoms with Crippen molar-refractivity contribution in [2.75, 3.05) is 5.73 Å². The van der Waals surface area contributed by atoms with Gasteiger partial charge in [-0.15, -0.1) is 7.53 Å². The third kappa shape index (κ3) is 0.779. The van der Waals surface area contributed by atoms with E-state index in [1.54, 1.807) is 0 Å². The number of nitrogen functional groups attached to an aromatic ring is 1. The van der Waals surface area contributed by atoms with Gasteiger partial charge in [-0.2, -0.15) is 0 Å². The minimum Gasteiger partial charge on any atom is -0.396 e. The fourth-order valence-corrected chi connectivity index (χ4v) is 1.31. The normalized spacial score (nSPS) is 11.9. The average Bonchev–Trinajstić information content (AvgIpc) is 1.91. The van der Waals surface area contributed by atoms with E-state index in [0.717, 1.165) is 5.42 Å². The fourth-order valence-electron chi connectivity index (χ4n) is 0.474. The average molecular weight is 113 g/mol. The van der Waals surface area contributed by atoms with E-state index in [-0.39, 0.29) is 7.53 Å². The molecule has 1 heterocycles. The number of hydrogen-bond donors (Lipinski definition) is 1. The van der Waals surface area contributed by atoms with Gasteiger partial charge in [0.05, 0.1) is 5.42 Å². The van der Waals surface area contributed by atoms with Gasteiger partial charge in [-0.1, -0.05) is 6.07 Å². The molecule has 2 N–H and O–H groups in total. The molecule has 38 valence electrons. The molecule has 1 aromatic heterocycles. The van der Waals surface area contributed by atoms with E-state index in [4.69, 9.17) is 5.73 Å². The Morgan fingerprint density at radius 2 is 2.43 bits per heavy atom. The molecular formula is C5H8NP. The summed E-state index contributed by atoms with van der Waals surface area (Å²) in [6.07, 6.45) is 0. The molecule has 0 aliphatic carbocycles. The molecule has 1 aromatic rings. The SMILES string of the molecule is Cp1cccc1N. The second-order valence-corrected chi connectivity index (χ2v) is 3.58. The van der Waals surface area contributed by atoms with Crippen LogP contribution in [-0.2, 0) is 6.66 Å². The Kier molecular flexibility index (Phi) is 1.07. The zero-order valence-electron chi connectivity index (χ0n) is 4.26. The molecule has 1 atom stereocenters. The highest BCUT2D eigenvalue weighted by Crippen LogP contribution is 2.31. The van der Waals surface area contributed by atoms with Gasteiger partial charge in [-0.3, -0.25) is 0 Å². The second kappa shape index (κ2) is 1.59. The molecule has 0 spiro atoms. The molecule has 1 rings (SSSR count). The molecule has 0 saturated heterocycles. The highest BCUT2D eigenvalue weighted by Gasteiger charge is 1.85. The molecular weight excluding hydrogens is 105 g/mol. The largest absolute Gasteiger partial charge is 0.396 e. The summed E-state index contributed by atoms with van der Waals surface area (Å²) >= 11 is 0. The molecule has 0 aliphatic rings. The van der Waals surface area contributed by atoms with Crippen molar-refractivity contribution in [1.82, 2.24) is 0 Å². The Labute approximate surface area is 44.2 Å². The predicted molar refractivity (Wildman–Crippen MR) is 34.5 cm³/mol. The van der Waals surface area contributed by atoms with E-state index in [0.29, 0.717) is 0 Å². The quantitative estimate of drug-likeness (QED) is 0.545. The van der Waals surface area contributed by atoms with Crippen molar-refractivity contribution in [3.63, 3.8) is 0 Å². The predicted octanol–water partition coefficient (Wildman–Crippen LogP) is 1.79. The van der Waals surface area contributed by atoms with Crippen LogP contribution in [-0.4, -0.2) is 0 Å². The van der Waals surface area contributed by atoms with Crippen LogP contribution >= 0.6 is 7.53 Å². The van der Waals surface area contributed by atoms with Crippen molar-refractivity contribution in [3.8, 4) is 0 Å². The fraction of sp³-hybridized carbons (Fsp3) is 0.200. The maximum Gasteiger partial charge on any atom is 0.0505 e. The van der Waals surface area contributed by atoms with Gasteiger partial charge in [-0.25, -0.2) is 0 Å². The van der Waals surface area contributed by atoms with Gasteiger partial charge >= 0.3 is 0 Å². The van der Waals surface area contributed by atoms with Crippen LogP contribution in [0.4, 0.5) is 5.42 Å². The van der Waals surface area contributed by atoms with Crippen molar-refractivity contribution in [3.05, 3.63) is 17.9 Å². The monoisotopic (exact) mass is 113 g/mol. The Morgan fingerprint density at radius 1 is 1.71 bits per heavy atom. The summed E-state index contributed by atoms with van der Waals surface area (Å²) in [5.41, 5.74) is 6.54. The molecule has 7 heavy (non-hydrogen) atoms. The van der Waals surface area contributed by atoms with Crippen molar-refractivity contribution in [1.29, 1.82) is 0 Å². The first-order chi connectivity index (χ1) is 3.30. The summed E-state index contributed by atoms with van der Waals surface area (Å²) in [5, 5.41) is 0. The van der Waals surface area contributed by atoms with Crippen LogP contribution in [0.3, 0.4) is 0 Å². The summed E-state index contributed by atoms with van der Waals surface area (Å²) in [6, 6.07) is 3.98. The lowest BCUT2D eigenvalue weighted by atomic mass is 10.6. The van der Waals surface area contributed by atoms with Crippen LogP contribution in [0.5, 0.6) is 0 Å². The lowest BCUT2D eigenvalue weighted by Gasteiger charge is -1.84. The maximum atomic E-state index is 5.51. The van der Waals surface area contributed by atoms with Gasteiger partial charge in [0.1, 0.15) is 0 Å². The molecule has 0 bridgehead atoms.